The Hall–Kier alpha value is -2.80. The SMILES string of the molecule is NC1=N[C@@]2(c3cc(NC(=O)c4ncc(C(F)F)cn4)ccc3F)CO[C@H](C(F)F)[C@H]2CS1. The molecular weight excluding hydrogens is 457 g/mol. The number of nitrogens with two attached hydrogens (primary N) is 1. The molecule has 13 heteroatoms. The number of amidine groups is 1. The highest BCUT2D eigenvalue weighted by molar-refractivity contribution is 8.13. The summed E-state index contributed by atoms with van der Waals surface area (Å²) in [5.41, 5.74) is 3.95. The average Bonchev–Trinajstić information content (AvgIpc) is 3.14. The van der Waals surface area contributed by atoms with E-state index in [1.165, 1.54) is 12.1 Å². The van der Waals surface area contributed by atoms with Crippen molar-refractivity contribution >= 4 is 28.5 Å². The van der Waals surface area contributed by atoms with Crippen molar-refractivity contribution in [3.63, 3.8) is 0 Å². The molecule has 2 aliphatic heterocycles. The summed E-state index contributed by atoms with van der Waals surface area (Å²) in [6, 6.07) is 3.57. The van der Waals surface area contributed by atoms with E-state index in [9.17, 15) is 26.7 Å². The van der Waals surface area contributed by atoms with E-state index in [1.807, 2.05) is 0 Å². The molecule has 7 nitrogen and oxygen atoms in total. The summed E-state index contributed by atoms with van der Waals surface area (Å²) < 4.78 is 72.4. The number of carbonyl (C=O) groups is 1. The lowest BCUT2D eigenvalue weighted by Crippen LogP contribution is -2.43. The monoisotopic (exact) mass is 473 g/mol. The lowest BCUT2D eigenvalue weighted by atomic mass is 9.78. The molecule has 1 amide bonds. The summed E-state index contributed by atoms with van der Waals surface area (Å²) in [6.45, 7) is -0.305. The van der Waals surface area contributed by atoms with Crippen molar-refractivity contribution in [2.75, 3.05) is 17.7 Å². The van der Waals surface area contributed by atoms with Crippen LogP contribution >= 0.6 is 11.8 Å². The van der Waals surface area contributed by atoms with Gasteiger partial charge in [-0.1, -0.05) is 11.8 Å². The van der Waals surface area contributed by atoms with Gasteiger partial charge in [-0.2, -0.15) is 0 Å². The van der Waals surface area contributed by atoms with Gasteiger partial charge < -0.3 is 15.8 Å². The zero-order valence-electron chi connectivity index (χ0n) is 16.1. The summed E-state index contributed by atoms with van der Waals surface area (Å²) in [4.78, 5) is 23.9. The standard InChI is InChI=1S/C19H16F5N5O2S/c20-12-2-1-9(28-17(30)16-26-4-8(5-27-16)14(21)22)3-10(12)19-7-31-13(15(23)24)11(19)6-32-18(25)29-19/h1-5,11,13-15H,6-7H2,(H2,25,29)(H,28,30)/t11-,13+,19-/m1/s1. The number of hydrogen-bond acceptors (Lipinski definition) is 7. The Morgan fingerprint density at radius 1 is 1.25 bits per heavy atom. The quantitative estimate of drug-likeness (QED) is 0.646. The summed E-state index contributed by atoms with van der Waals surface area (Å²) in [6.07, 6.45) is -5.38. The molecule has 0 radical (unpaired) electrons. The molecule has 0 spiro atoms. The van der Waals surface area contributed by atoms with E-state index < -0.39 is 47.7 Å². The number of alkyl halides is 4. The molecule has 4 rings (SSSR count). The van der Waals surface area contributed by atoms with E-state index in [2.05, 4.69) is 20.3 Å². The van der Waals surface area contributed by atoms with Crippen molar-refractivity contribution in [3.8, 4) is 0 Å². The van der Waals surface area contributed by atoms with Crippen LogP contribution in [0.4, 0.5) is 27.6 Å². The number of aliphatic imine (C=N–C) groups is 1. The summed E-state index contributed by atoms with van der Waals surface area (Å²) >= 11 is 1.08. The van der Waals surface area contributed by atoms with Gasteiger partial charge in [0.15, 0.2) is 5.17 Å². The molecule has 32 heavy (non-hydrogen) atoms. The number of halogens is 5. The summed E-state index contributed by atoms with van der Waals surface area (Å²) in [5, 5.41) is 2.56. The number of thioether (sulfide) groups is 1. The topological polar surface area (TPSA) is 102 Å². The van der Waals surface area contributed by atoms with Gasteiger partial charge in [0.2, 0.25) is 5.82 Å². The van der Waals surface area contributed by atoms with Crippen molar-refractivity contribution in [2.45, 2.75) is 24.5 Å². The van der Waals surface area contributed by atoms with Gasteiger partial charge >= 0.3 is 0 Å². The van der Waals surface area contributed by atoms with Crippen molar-refractivity contribution in [1.82, 2.24) is 9.97 Å². The van der Waals surface area contributed by atoms with Crippen molar-refractivity contribution in [3.05, 3.63) is 53.4 Å². The number of rotatable bonds is 5. The van der Waals surface area contributed by atoms with Gasteiger partial charge in [-0.3, -0.25) is 4.79 Å². The minimum atomic E-state index is -2.80. The maximum absolute atomic E-state index is 14.9. The molecule has 1 fully saturated rings. The Balaban J connectivity index is 1.65. The van der Waals surface area contributed by atoms with Gasteiger partial charge in [0, 0.05) is 35.3 Å². The number of benzene rings is 1. The van der Waals surface area contributed by atoms with E-state index in [1.54, 1.807) is 0 Å². The number of ether oxygens (including phenoxy) is 1. The van der Waals surface area contributed by atoms with Crippen LogP contribution in [0.1, 0.15) is 28.2 Å². The first kappa shape index (κ1) is 22.4. The lowest BCUT2D eigenvalue weighted by Gasteiger charge is -2.35. The van der Waals surface area contributed by atoms with Crippen LogP contribution in [-0.2, 0) is 10.3 Å². The Bertz CT molecular complexity index is 1050. The maximum atomic E-state index is 14.9. The third kappa shape index (κ3) is 4.01. The van der Waals surface area contributed by atoms with E-state index >= 15 is 0 Å². The van der Waals surface area contributed by atoms with Gasteiger partial charge in [0.25, 0.3) is 18.8 Å². The van der Waals surface area contributed by atoms with Gasteiger partial charge in [-0.05, 0) is 18.2 Å². The number of aromatic nitrogens is 2. The highest BCUT2D eigenvalue weighted by Gasteiger charge is 2.56. The molecule has 2 aromatic rings. The number of anilines is 1. The van der Waals surface area contributed by atoms with Crippen LogP contribution in [0.15, 0.2) is 35.6 Å². The average molecular weight is 473 g/mol. The second-order valence-electron chi connectivity index (χ2n) is 7.19. The first-order valence-corrected chi connectivity index (χ1v) is 10.3. The predicted octanol–water partition coefficient (Wildman–Crippen LogP) is 3.34. The minimum Gasteiger partial charge on any atom is -0.379 e. The molecule has 170 valence electrons. The predicted molar refractivity (Wildman–Crippen MR) is 106 cm³/mol. The molecular formula is C19H16F5N5O2S. The molecule has 0 unspecified atom stereocenters. The second-order valence-corrected chi connectivity index (χ2v) is 8.23. The molecule has 0 bridgehead atoms. The number of hydrogen-bond donors (Lipinski definition) is 2. The maximum Gasteiger partial charge on any atom is 0.293 e. The normalized spacial score (nSPS) is 25.0. The van der Waals surface area contributed by atoms with E-state index in [0.29, 0.717) is 0 Å². The fourth-order valence-electron chi connectivity index (χ4n) is 3.75. The van der Waals surface area contributed by atoms with Gasteiger partial charge in [-0.25, -0.2) is 36.9 Å². The van der Waals surface area contributed by atoms with E-state index in [-0.39, 0.29) is 34.6 Å². The fraction of sp³-hybridized carbons (Fsp3) is 0.368. The molecule has 3 atom stereocenters. The zero-order valence-corrected chi connectivity index (χ0v) is 17.0. The smallest absolute Gasteiger partial charge is 0.293 e. The molecule has 3 N–H and O–H groups in total. The van der Waals surface area contributed by atoms with Crippen LogP contribution < -0.4 is 11.1 Å². The van der Waals surface area contributed by atoms with Crippen LogP contribution in [0.3, 0.4) is 0 Å². The first-order chi connectivity index (χ1) is 15.2. The highest BCUT2D eigenvalue weighted by Crippen LogP contribution is 2.49. The van der Waals surface area contributed by atoms with Crippen LogP contribution in [-0.4, -0.2) is 45.9 Å². The Morgan fingerprint density at radius 2 is 1.97 bits per heavy atom. The Morgan fingerprint density at radius 3 is 2.62 bits per heavy atom. The lowest BCUT2D eigenvalue weighted by molar-refractivity contribution is -0.0359. The second kappa shape index (κ2) is 8.62. The Labute approximate surface area is 182 Å². The number of nitrogens with one attached hydrogen (secondary N) is 1. The van der Waals surface area contributed by atoms with Crippen LogP contribution in [0.5, 0.6) is 0 Å². The molecule has 1 aromatic carbocycles. The van der Waals surface area contributed by atoms with Crippen LogP contribution in [0.25, 0.3) is 0 Å². The largest absolute Gasteiger partial charge is 0.379 e. The molecule has 1 aromatic heterocycles. The van der Waals surface area contributed by atoms with E-state index in [0.717, 1.165) is 30.2 Å². The number of fused-ring (bicyclic) bond motifs is 1. The molecule has 0 saturated carbocycles. The third-order valence-corrected chi connectivity index (χ3v) is 6.20. The third-order valence-electron chi connectivity index (χ3n) is 5.29. The van der Waals surface area contributed by atoms with Gasteiger partial charge in [-0.15, -0.1) is 0 Å². The van der Waals surface area contributed by atoms with Gasteiger partial charge in [0.05, 0.1) is 12.2 Å². The summed E-state index contributed by atoms with van der Waals surface area (Å²) in [7, 11) is 0. The van der Waals surface area contributed by atoms with Crippen molar-refractivity contribution < 1.29 is 31.5 Å². The first-order valence-electron chi connectivity index (χ1n) is 9.30. The van der Waals surface area contributed by atoms with Crippen LogP contribution in [0, 0.1) is 11.7 Å². The number of carbonyl (C=O) groups excluding carboxylic acids is 1. The minimum absolute atomic E-state index is 0.0549. The van der Waals surface area contributed by atoms with Crippen LogP contribution in [0.2, 0.25) is 0 Å². The summed E-state index contributed by atoms with van der Waals surface area (Å²) in [5.74, 6) is -2.62. The molecule has 2 aliphatic rings. The zero-order chi connectivity index (χ0) is 23.0. The molecule has 0 aliphatic carbocycles. The number of amides is 1. The van der Waals surface area contributed by atoms with E-state index in [4.69, 9.17) is 10.5 Å². The Kier molecular flexibility index (Phi) is 6.03. The van der Waals surface area contributed by atoms with Crippen molar-refractivity contribution in [1.29, 1.82) is 0 Å². The molecule has 3 heterocycles. The highest BCUT2D eigenvalue weighted by atomic mass is 32.2. The van der Waals surface area contributed by atoms with Gasteiger partial charge in [0.1, 0.15) is 17.5 Å². The van der Waals surface area contributed by atoms with Crippen molar-refractivity contribution in [2.24, 2.45) is 16.6 Å². The fourth-order valence-corrected chi connectivity index (χ4v) is 4.79. The molecule has 1 saturated heterocycles. The number of nitrogens with zero attached hydrogens (tertiary/aromatic N) is 3.